The van der Waals surface area contributed by atoms with Crippen LogP contribution in [-0.2, 0) is 11.2 Å². The molecule has 1 unspecified atom stereocenters. The first kappa shape index (κ1) is 20.1. The van der Waals surface area contributed by atoms with Gasteiger partial charge in [-0.05, 0) is 52.7 Å². The third-order valence-electron chi connectivity index (χ3n) is 4.23. The summed E-state index contributed by atoms with van der Waals surface area (Å²) in [6.07, 6.45) is 1.09. The van der Waals surface area contributed by atoms with Crippen molar-refractivity contribution in [2.45, 2.75) is 52.6 Å². The largest absolute Gasteiger partial charge is 0.367 e. The number of hydrogen-bond acceptors (Lipinski definition) is 3. The topological polar surface area (TPSA) is 68.8 Å². The molecule has 0 aliphatic carbocycles. The first-order valence-electron chi connectivity index (χ1n) is 9.48. The van der Waals surface area contributed by atoms with Crippen LogP contribution in [0.25, 0.3) is 0 Å². The van der Waals surface area contributed by atoms with Gasteiger partial charge in [0, 0.05) is 36.9 Å². The van der Waals surface area contributed by atoms with E-state index >= 15 is 0 Å². The zero-order valence-corrected chi connectivity index (χ0v) is 16.7. The number of fused-ring (bicyclic) bond motifs is 1. The molecule has 0 saturated carbocycles. The van der Waals surface area contributed by atoms with Crippen molar-refractivity contribution in [1.82, 2.24) is 16.0 Å². The number of amides is 1. The lowest BCUT2D eigenvalue weighted by Gasteiger charge is -2.25. The van der Waals surface area contributed by atoms with E-state index in [-0.39, 0.29) is 18.0 Å². The molecule has 144 valence electrons. The van der Waals surface area contributed by atoms with Crippen LogP contribution in [0.4, 0.5) is 5.69 Å². The van der Waals surface area contributed by atoms with Gasteiger partial charge < -0.3 is 20.9 Å². The van der Waals surface area contributed by atoms with E-state index in [0.29, 0.717) is 12.0 Å². The Kier molecular flexibility index (Phi) is 6.89. The fourth-order valence-electron chi connectivity index (χ4n) is 3.22. The van der Waals surface area contributed by atoms with Gasteiger partial charge in [0.15, 0.2) is 5.96 Å². The van der Waals surface area contributed by atoms with E-state index in [2.05, 4.69) is 57.0 Å². The fourth-order valence-corrected chi connectivity index (χ4v) is 3.22. The highest BCUT2D eigenvalue weighted by Gasteiger charge is 2.24. The van der Waals surface area contributed by atoms with Crippen LogP contribution < -0.4 is 20.9 Å². The molecule has 0 fully saturated rings. The molecule has 6 nitrogen and oxygen atoms in total. The SMILES string of the molecule is CCNC(=NCC(=O)NC(C)(C)C)NCCN1c2ccccc2CC1C. The van der Waals surface area contributed by atoms with Gasteiger partial charge in [0.25, 0.3) is 0 Å². The van der Waals surface area contributed by atoms with Gasteiger partial charge in [-0.1, -0.05) is 18.2 Å². The molecule has 1 aromatic carbocycles. The van der Waals surface area contributed by atoms with Crippen molar-refractivity contribution in [3.05, 3.63) is 29.8 Å². The van der Waals surface area contributed by atoms with Crippen LogP contribution in [0.3, 0.4) is 0 Å². The molecular formula is C20H33N5O. The van der Waals surface area contributed by atoms with Crippen molar-refractivity contribution in [3.63, 3.8) is 0 Å². The highest BCUT2D eigenvalue weighted by atomic mass is 16.2. The number of rotatable bonds is 6. The maximum atomic E-state index is 11.9. The van der Waals surface area contributed by atoms with Crippen molar-refractivity contribution in [1.29, 1.82) is 0 Å². The Morgan fingerprint density at radius 1 is 1.27 bits per heavy atom. The normalized spacial score (nSPS) is 17.0. The van der Waals surface area contributed by atoms with Gasteiger partial charge in [-0.25, -0.2) is 4.99 Å². The second kappa shape index (κ2) is 8.92. The second-order valence-electron chi connectivity index (χ2n) is 7.80. The highest BCUT2D eigenvalue weighted by molar-refractivity contribution is 5.85. The van der Waals surface area contributed by atoms with Crippen molar-refractivity contribution < 1.29 is 4.79 Å². The smallest absolute Gasteiger partial charge is 0.242 e. The van der Waals surface area contributed by atoms with Crippen molar-refractivity contribution >= 4 is 17.6 Å². The van der Waals surface area contributed by atoms with Crippen molar-refractivity contribution in [3.8, 4) is 0 Å². The minimum atomic E-state index is -0.238. The van der Waals surface area contributed by atoms with Gasteiger partial charge in [0.2, 0.25) is 5.91 Å². The molecule has 0 aromatic heterocycles. The van der Waals surface area contributed by atoms with E-state index in [0.717, 1.165) is 26.1 Å². The number of guanidine groups is 1. The number of para-hydroxylation sites is 1. The fraction of sp³-hybridized carbons (Fsp3) is 0.600. The number of hydrogen-bond donors (Lipinski definition) is 3. The van der Waals surface area contributed by atoms with Gasteiger partial charge in [0.1, 0.15) is 6.54 Å². The molecule has 0 radical (unpaired) electrons. The summed E-state index contributed by atoms with van der Waals surface area (Å²) in [7, 11) is 0. The summed E-state index contributed by atoms with van der Waals surface area (Å²) in [6.45, 7) is 12.7. The summed E-state index contributed by atoms with van der Waals surface area (Å²) in [5, 5.41) is 9.46. The van der Waals surface area contributed by atoms with Crippen LogP contribution in [0.15, 0.2) is 29.3 Å². The number of anilines is 1. The number of nitrogens with one attached hydrogen (secondary N) is 3. The Bertz CT molecular complexity index is 635. The first-order chi connectivity index (χ1) is 12.3. The summed E-state index contributed by atoms with van der Waals surface area (Å²) in [6, 6.07) is 9.10. The Labute approximate surface area is 157 Å². The molecule has 1 heterocycles. The molecular weight excluding hydrogens is 326 g/mol. The van der Waals surface area contributed by atoms with Gasteiger partial charge in [-0.15, -0.1) is 0 Å². The van der Waals surface area contributed by atoms with Gasteiger partial charge in [0.05, 0.1) is 0 Å². The van der Waals surface area contributed by atoms with Crippen LogP contribution in [0.2, 0.25) is 0 Å². The molecule has 1 aromatic rings. The molecule has 0 spiro atoms. The standard InChI is InChI=1S/C20H33N5O/c1-6-21-19(23-14-18(26)24-20(3,4)5)22-11-12-25-15(2)13-16-9-7-8-10-17(16)25/h7-10,15H,6,11-14H2,1-5H3,(H,24,26)(H2,21,22,23). The summed E-state index contributed by atoms with van der Waals surface area (Å²) in [5.41, 5.74) is 2.50. The maximum Gasteiger partial charge on any atom is 0.242 e. The van der Waals surface area contributed by atoms with E-state index in [1.165, 1.54) is 11.3 Å². The zero-order chi connectivity index (χ0) is 19.2. The third kappa shape index (κ3) is 5.93. The molecule has 1 aliphatic rings. The molecule has 26 heavy (non-hydrogen) atoms. The van der Waals surface area contributed by atoms with Crippen LogP contribution in [0.5, 0.6) is 0 Å². The van der Waals surface area contributed by atoms with Crippen molar-refractivity contribution in [2.75, 3.05) is 31.1 Å². The summed E-state index contributed by atoms with van der Waals surface area (Å²) < 4.78 is 0. The lowest BCUT2D eigenvalue weighted by Crippen LogP contribution is -2.44. The molecule has 1 atom stereocenters. The molecule has 0 saturated heterocycles. The number of nitrogens with zero attached hydrogens (tertiary/aromatic N) is 2. The van der Waals surface area contributed by atoms with E-state index in [4.69, 9.17) is 0 Å². The van der Waals surface area contributed by atoms with E-state index in [1.54, 1.807) is 0 Å². The Morgan fingerprint density at radius 2 is 2.00 bits per heavy atom. The van der Waals surface area contributed by atoms with E-state index in [1.807, 2.05) is 27.7 Å². The van der Waals surface area contributed by atoms with E-state index in [9.17, 15) is 4.79 Å². The molecule has 2 rings (SSSR count). The number of carbonyl (C=O) groups is 1. The highest BCUT2D eigenvalue weighted by Crippen LogP contribution is 2.31. The van der Waals surface area contributed by atoms with Crippen LogP contribution >= 0.6 is 0 Å². The maximum absolute atomic E-state index is 11.9. The quantitative estimate of drug-likeness (QED) is 0.536. The summed E-state index contributed by atoms with van der Waals surface area (Å²) in [5.74, 6) is 0.605. The lowest BCUT2D eigenvalue weighted by atomic mass is 10.1. The number of benzene rings is 1. The monoisotopic (exact) mass is 359 g/mol. The Balaban J connectivity index is 1.87. The molecule has 3 N–H and O–H groups in total. The number of aliphatic imine (C=N–C) groups is 1. The Hall–Kier alpha value is -2.24. The molecule has 6 heteroatoms. The average Bonchev–Trinajstić information content (AvgIpc) is 2.87. The summed E-state index contributed by atoms with van der Waals surface area (Å²) >= 11 is 0. The summed E-state index contributed by atoms with van der Waals surface area (Å²) in [4.78, 5) is 18.8. The Morgan fingerprint density at radius 3 is 2.69 bits per heavy atom. The van der Waals surface area contributed by atoms with Crippen LogP contribution in [-0.4, -0.2) is 49.6 Å². The lowest BCUT2D eigenvalue weighted by molar-refractivity contribution is -0.121. The third-order valence-corrected chi connectivity index (χ3v) is 4.23. The molecule has 1 aliphatic heterocycles. The predicted octanol–water partition coefficient (Wildman–Crippen LogP) is 1.91. The molecule has 1 amide bonds. The molecule has 0 bridgehead atoms. The average molecular weight is 360 g/mol. The minimum Gasteiger partial charge on any atom is -0.367 e. The van der Waals surface area contributed by atoms with Crippen molar-refractivity contribution in [2.24, 2.45) is 4.99 Å². The zero-order valence-electron chi connectivity index (χ0n) is 16.7. The van der Waals surface area contributed by atoms with Crippen LogP contribution in [0.1, 0.15) is 40.2 Å². The van der Waals surface area contributed by atoms with E-state index < -0.39 is 0 Å². The predicted molar refractivity (Wildman–Crippen MR) is 109 cm³/mol. The number of carbonyl (C=O) groups excluding carboxylic acids is 1. The second-order valence-corrected chi connectivity index (χ2v) is 7.80. The van der Waals surface area contributed by atoms with Gasteiger partial charge in [-0.2, -0.15) is 0 Å². The van der Waals surface area contributed by atoms with Gasteiger partial charge >= 0.3 is 0 Å². The van der Waals surface area contributed by atoms with Crippen LogP contribution in [0, 0.1) is 0 Å². The first-order valence-corrected chi connectivity index (χ1v) is 9.48. The minimum absolute atomic E-state index is 0.0724. The van der Waals surface area contributed by atoms with Gasteiger partial charge in [-0.3, -0.25) is 4.79 Å².